The molecule has 0 radical (unpaired) electrons. The maximum atomic E-state index is 5.34. The summed E-state index contributed by atoms with van der Waals surface area (Å²) in [7, 11) is 0. The van der Waals surface area contributed by atoms with Gasteiger partial charge in [0.05, 0.1) is 13.2 Å². The van der Waals surface area contributed by atoms with Gasteiger partial charge < -0.3 is 9.64 Å². The number of ether oxygens (including phenoxy) is 1. The molecule has 2 heterocycles. The van der Waals surface area contributed by atoms with Crippen LogP contribution in [0.5, 0.6) is 0 Å². The average Bonchev–Trinajstić information content (AvgIpc) is 2.12. The molecule has 0 aromatic heterocycles. The smallest absolute Gasteiger partial charge is 0.0594 e. The van der Waals surface area contributed by atoms with Crippen LogP contribution in [0.3, 0.4) is 0 Å². The minimum absolute atomic E-state index is 0.732. The highest BCUT2D eigenvalue weighted by Gasteiger charge is 2.29. The minimum Gasteiger partial charge on any atom is -0.379 e. The van der Waals surface area contributed by atoms with Crippen molar-refractivity contribution < 1.29 is 4.74 Å². The monoisotopic (exact) mass is 198 g/mol. The Kier molecular flexibility index (Phi) is 3.42. The maximum absolute atomic E-state index is 5.34. The quantitative estimate of drug-likeness (QED) is 0.662. The van der Waals surface area contributed by atoms with Crippen molar-refractivity contribution in [2.45, 2.75) is 19.9 Å². The van der Waals surface area contributed by atoms with Crippen molar-refractivity contribution in [2.24, 2.45) is 5.92 Å². The molecule has 0 saturated carbocycles. The zero-order valence-corrected chi connectivity index (χ0v) is 9.41. The summed E-state index contributed by atoms with van der Waals surface area (Å²) in [5.41, 5.74) is 0. The normalized spacial score (nSPS) is 26.8. The summed E-state index contributed by atoms with van der Waals surface area (Å²) in [4.78, 5) is 5.09. The molecule has 0 atom stereocenters. The Balaban J connectivity index is 1.63. The molecule has 3 heteroatoms. The van der Waals surface area contributed by atoms with Crippen LogP contribution in [0.25, 0.3) is 0 Å². The van der Waals surface area contributed by atoms with Crippen molar-refractivity contribution in [3.63, 3.8) is 0 Å². The molecule has 14 heavy (non-hydrogen) atoms. The van der Waals surface area contributed by atoms with E-state index < -0.39 is 0 Å². The van der Waals surface area contributed by atoms with Crippen LogP contribution in [0.2, 0.25) is 0 Å². The van der Waals surface area contributed by atoms with Crippen molar-refractivity contribution in [3.8, 4) is 0 Å². The van der Waals surface area contributed by atoms with E-state index >= 15 is 0 Å². The van der Waals surface area contributed by atoms with E-state index in [1.165, 1.54) is 19.6 Å². The van der Waals surface area contributed by atoms with E-state index in [-0.39, 0.29) is 0 Å². The first kappa shape index (κ1) is 10.4. The predicted octanol–water partition coefficient (Wildman–Crippen LogP) is 0.659. The highest BCUT2D eigenvalue weighted by atomic mass is 16.5. The summed E-state index contributed by atoms with van der Waals surface area (Å²) in [5, 5.41) is 0. The van der Waals surface area contributed by atoms with Crippen molar-refractivity contribution in [3.05, 3.63) is 0 Å². The molecule has 0 N–H and O–H groups in total. The third-order valence-corrected chi connectivity index (χ3v) is 3.34. The third-order valence-electron chi connectivity index (χ3n) is 3.34. The van der Waals surface area contributed by atoms with Crippen molar-refractivity contribution in [2.75, 3.05) is 45.9 Å². The van der Waals surface area contributed by atoms with Crippen LogP contribution in [0.15, 0.2) is 0 Å². The molecule has 0 unspecified atom stereocenters. The molecule has 0 aromatic rings. The van der Waals surface area contributed by atoms with Crippen molar-refractivity contribution in [1.82, 2.24) is 9.80 Å². The van der Waals surface area contributed by atoms with Gasteiger partial charge in [0.25, 0.3) is 0 Å². The van der Waals surface area contributed by atoms with Crippen molar-refractivity contribution >= 4 is 0 Å². The molecule has 0 aromatic carbocycles. The van der Waals surface area contributed by atoms with Gasteiger partial charge in [0, 0.05) is 38.8 Å². The highest BCUT2D eigenvalue weighted by Crippen LogP contribution is 2.19. The fraction of sp³-hybridized carbons (Fsp3) is 1.00. The van der Waals surface area contributed by atoms with E-state index in [4.69, 9.17) is 4.74 Å². The Morgan fingerprint density at radius 1 is 1.21 bits per heavy atom. The molecule has 2 rings (SSSR count). The summed E-state index contributed by atoms with van der Waals surface area (Å²) >= 11 is 0. The number of nitrogens with zero attached hydrogens (tertiary/aromatic N) is 2. The number of morpholine rings is 1. The summed E-state index contributed by atoms with van der Waals surface area (Å²) < 4.78 is 5.34. The Bertz CT molecular complexity index is 172. The zero-order chi connectivity index (χ0) is 9.97. The second kappa shape index (κ2) is 4.60. The van der Waals surface area contributed by atoms with Crippen LogP contribution in [-0.2, 0) is 4.74 Å². The van der Waals surface area contributed by atoms with Gasteiger partial charge in [-0.25, -0.2) is 0 Å². The van der Waals surface area contributed by atoms with Crippen LogP contribution in [0.4, 0.5) is 0 Å². The molecule has 0 spiro atoms. The van der Waals surface area contributed by atoms with Gasteiger partial charge in [-0.15, -0.1) is 0 Å². The standard InChI is InChI=1S/C11H22N2O/c1-10(2)13-8-11(9-13)7-12-3-5-14-6-4-12/h10-11H,3-9H2,1-2H3. The molecule has 2 aliphatic rings. The van der Waals surface area contributed by atoms with Gasteiger partial charge in [0.2, 0.25) is 0 Å². The van der Waals surface area contributed by atoms with Crippen LogP contribution in [-0.4, -0.2) is 61.8 Å². The number of hydrogen-bond acceptors (Lipinski definition) is 3. The van der Waals surface area contributed by atoms with Gasteiger partial charge in [-0.1, -0.05) is 0 Å². The van der Waals surface area contributed by atoms with E-state index in [2.05, 4.69) is 23.6 Å². The first-order valence-electron chi connectivity index (χ1n) is 5.80. The van der Waals surface area contributed by atoms with Gasteiger partial charge >= 0.3 is 0 Å². The zero-order valence-electron chi connectivity index (χ0n) is 9.41. The van der Waals surface area contributed by atoms with Gasteiger partial charge in [-0.2, -0.15) is 0 Å². The molecule has 82 valence electrons. The van der Waals surface area contributed by atoms with E-state index in [0.29, 0.717) is 0 Å². The third kappa shape index (κ3) is 2.47. The Morgan fingerprint density at radius 3 is 2.43 bits per heavy atom. The second-order valence-electron chi connectivity index (χ2n) is 4.83. The molecule has 0 aliphatic carbocycles. The number of hydrogen-bond donors (Lipinski definition) is 0. The summed E-state index contributed by atoms with van der Waals surface area (Å²) in [6.45, 7) is 12.6. The van der Waals surface area contributed by atoms with E-state index in [1.54, 1.807) is 0 Å². The summed E-state index contributed by atoms with van der Waals surface area (Å²) in [5.74, 6) is 0.912. The average molecular weight is 198 g/mol. The molecule has 2 saturated heterocycles. The molecular weight excluding hydrogens is 176 g/mol. The van der Waals surface area contributed by atoms with Gasteiger partial charge in [-0.05, 0) is 19.8 Å². The lowest BCUT2D eigenvalue weighted by atomic mass is 9.97. The van der Waals surface area contributed by atoms with Gasteiger partial charge in [0.1, 0.15) is 0 Å². The number of likely N-dealkylation sites (tertiary alicyclic amines) is 1. The fourth-order valence-electron chi connectivity index (χ4n) is 2.30. The van der Waals surface area contributed by atoms with Crippen LogP contribution >= 0.6 is 0 Å². The SMILES string of the molecule is CC(C)N1CC(CN2CCOCC2)C1. The summed E-state index contributed by atoms with van der Waals surface area (Å²) in [6, 6.07) is 0.732. The first-order chi connectivity index (χ1) is 6.75. The lowest BCUT2D eigenvalue weighted by Gasteiger charge is -2.44. The second-order valence-corrected chi connectivity index (χ2v) is 4.83. The molecule has 0 amide bonds. The maximum Gasteiger partial charge on any atom is 0.0594 e. The molecule has 2 aliphatic heterocycles. The van der Waals surface area contributed by atoms with Crippen LogP contribution in [0.1, 0.15) is 13.8 Å². The largest absolute Gasteiger partial charge is 0.379 e. The lowest BCUT2D eigenvalue weighted by molar-refractivity contribution is -0.00206. The highest BCUT2D eigenvalue weighted by molar-refractivity contribution is 4.84. The molecule has 3 nitrogen and oxygen atoms in total. The van der Waals surface area contributed by atoms with E-state index in [1.807, 2.05) is 0 Å². The van der Waals surface area contributed by atoms with Gasteiger partial charge in [-0.3, -0.25) is 4.90 Å². The van der Waals surface area contributed by atoms with Crippen LogP contribution < -0.4 is 0 Å². The minimum atomic E-state index is 0.732. The van der Waals surface area contributed by atoms with Gasteiger partial charge in [0.15, 0.2) is 0 Å². The molecular formula is C11H22N2O. The van der Waals surface area contributed by atoms with Crippen molar-refractivity contribution in [1.29, 1.82) is 0 Å². The number of rotatable bonds is 3. The Labute approximate surface area is 87.0 Å². The molecule has 0 bridgehead atoms. The van der Waals surface area contributed by atoms with Crippen LogP contribution in [0, 0.1) is 5.92 Å². The van der Waals surface area contributed by atoms with E-state index in [9.17, 15) is 0 Å². The van der Waals surface area contributed by atoms with E-state index in [0.717, 1.165) is 38.3 Å². The fourth-order valence-corrected chi connectivity index (χ4v) is 2.30. The Hall–Kier alpha value is -0.120. The lowest BCUT2D eigenvalue weighted by Crippen LogP contribution is -2.55. The topological polar surface area (TPSA) is 15.7 Å². The predicted molar refractivity (Wildman–Crippen MR) is 57.5 cm³/mol. The Morgan fingerprint density at radius 2 is 1.86 bits per heavy atom. The summed E-state index contributed by atoms with van der Waals surface area (Å²) in [6.07, 6.45) is 0. The first-order valence-corrected chi connectivity index (χ1v) is 5.80. The molecule has 2 fully saturated rings.